The molecule has 2 N–H and O–H groups in total. The first-order valence-electron chi connectivity index (χ1n) is 6.60. The number of H-pyrrole nitrogens is 1. The normalized spacial score (nSPS) is 24.6. The molecule has 2 rings (SSSR count). The fourth-order valence-corrected chi connectivity index (χ4v) is 2.23. The number of hydrogen-bond donors (Lipinski definition) is 2. The van der Waals surface area contributed by atoms with Crippen LogP contribution < -0.4 is 5.32 Å². The molecule has 0 aliphatic carbocycles. The Labute approximate surface area is 108 Å². The van der Waals surface area contributed by atoms with E-state index in [1.54, 1.807) is 0 Å². The van der Waals surface area contributed by atoms with Gasteiger partial charge in [0, 0.05) is 30.9 Å². The fourth-order valence-electron chi connectivity index (χ4n) is 2.23. The molecule has 1 fully saturated rings. The Hall–Kier alpha value is -1.36. The molecule has 1 saturated heterocycles. The van der Waals surface area contributed by atoms with Crippen LogP contribution in [0, 0.1) is 0 Å². The molecule has 1 aliphatic heterocycles. The Morgan fingerprint density at radius 3 is 2.83 bits per heavy atom. The molecule has 2 atom stereocenters. The van der Waals surface area contributed by atoms with Crippen molar-refractivity contribution in [3.05, 3.63) is 17.5 Å². The van der Waals surface area contributed by atoms with E-state index in [1.165, 1.54) is 0 Å². The summed E-state index contributed by atoms with van der Waals surface area (Å²) < 4.78 is 0. The molecule has 1 aromatic rings. The van der Waals surface area contributed by atoms with Crippen molar-refractivity contribution in [1.29, 1.82) is 0 Å². The van der Waals surface area contributed by atoms with Crippen LogP contribution in [0.25, 0.3) is 0 Å². The molecule has 0 bridgehead atoms. The predicted molar refractivity (Wildman–Crippen MR) is 70.6 cm³/mol. The van der Waals surface area contributed by atoms with E-state index in [4.69, 9.17) is 0 Å². The second-order valence-corrected chi connectivity index (χ2v) is 5.35. The van der Waals surface area contributed by atoms with Crippen molar-refractivity contribution in [1.82, 2.24) is 20.4 Å². The molecule has 0 saturated carbocycles. The van der Waals surface area contributed by atoms with Crippen LogP contribution in [-0.2, 0) is 0 Å². The number of hydrogen-bond acceptors (Lipinski definition) is 3. The summed E-state index contributed by atoms with van der Waals surface area (Å²) in [4.78, 5) is 14.3. The first kappa shape index (κ1) is 13.1. The average molecular weight is 250 g/mol. The van der Waals surface area contributed by atoms with Gasteiger partial charge in [-0.2, -0.15) is 5.10 Å². The van der Waals surface area contributed by atoms with Gasteiger partial charge in [-0.25, -0.2) is 0 Å². The van der Waals surface area contributed by atoms with Gasteiger partial charge >= 0.3 is 0 Å². The lowest BCUT2D eigenvalue weighted by Gasteiger charge is -2.38. The van der Waals surface area contributed by atoms with E-state index in [9.17, 15) is 4.79 Å². The zero-order valence-corrected chi connectivity index (χ0v) is 11.5. The third-order valence-electron chi connectivity index (χ3n) is 3.73. The maximum absolute atomic E-state index is 12.4. The summed E-state index contributed by atoms with van der Waals surface area (Å²) in [5.41, 5.74) is 1.54. The van der Waals surface area contributed by atoms with Crippen molar-refractivity contribution in [2.45, 2.75) is 45.7 Å². The predicted octanol–water partition coefficient (Wildman–Crippen LogP) is 1.36. The molecule has 1 aliphatic rings. The molecule has 2 heterocycles. The standard InChI is InChI=1S/C13H22N4O/c1-8(2)11-7-12(16-15-11)13(18)17-6-5-14-9(3)10(17)4/h7-10,14H,5-6H2,1-4H3,(H,15,16). The third-order valence-corrected chi connectivity index (χ3v) is 3.73. The minimum Gasteiger partial charge on any atom is -0.332 e. The molecule has 5 heteroatoms. The molecular weight excluding hydrogens is 228 g/mol. The number of piperazine rings is 1. The Morgan fingerprint density at radius 1 is 1.50 bits per heavy atom. The number of nitrogens with one attached hydrogen (secondary N) is 2. The minimum atomic E-state index is 0.0269. The zero-order chi connectivity index (χ0) is 13.3. The number of aromatic amines is 1. The lowest BCUT2D eigenvalue weighted by atomic mass is 10.1. The van der Waals surface area contributed by atoms with E-state index in [-0.39, 0.29) is 11.9 Å². The fraction of sp³-hybridized carbons (Fsp3) is 0.692. The molecule has 2 unspecified atom stereocenters. The third kappa shape index (κ3) is 2.41. The largest absolute Gasteiger partial charge is 0.332 e. The summed E-state index contributed by atoms with van der Waals surface area (Å²) >= 11 is 0. The van der Waals surface area contributed by atoms with E-state index in [0.29, 0.717) is 17.7 Å². The molecule has 0 radical (unpaired) electrons. The number of amides is 1. The molecule has 1 aromatic heterocycles. The molecule has 18 heavy (non-hydrogen) atoms. The number of carbonyl (C=O) groups is 1. The van der Waals surface area contributed by atoms with Crippen molar-refractivity contribution < 1.29 is 4.79 Å². The summed E-state index contributed by atoms with van der Waals surface area (Å²) in [6.07, 6.45) is 0. The van der Waals surface area contributed by atoms with Gasteiger partial charge in [-0.05, 0) is 25.8 Å². The Bertz CT molecular complexity index is 426. The second kappa shape index (κ2) is 5.10. The maximum atomic E-state index is 12.4. The summed E-state index contributed by atoms with van der Waals surface area (Å²) in [5, 5.41) is 10.4. The van der Waals surface area contributed by atoms with E-state index in [0.717, 1.165) is 18.8 Å². The van der Waals surface area contributed by atoms with Crippen LogP contribution >= 0.6 is 0 Å². The van der Waals surface area contributed by atoms with E-state index >= 15 is 0 Å². The summed E-state index contributed by atoms with van der Waals surface area (Å²) in [5.74, 6) is 0.386. The lowest BCUT2D eigenvalue weighted by Crippen LogP contribution is -2.57. The van der Waals surface area contributed by atoms with Gasteiger partial charge in [-0.3, -0.25) is 9.89 Å². The van der Waals surface area contributed by atoms with Gasteiger partial charge in [0.15, 0.2) is 0 Å². The van der Waals surface area contributed by atoms with Crippen LogP contribution in [-0.4, -0.2) is 46.2 Å². The monoisotopic (exact) mass is 250 g/mol. The first-order valence-corrected chi connectivity index (χ1v) is 6.60. The highest BCUT2D eigenvalue weighted by Crippen LogP contribution is 2.16. The Morgan fingerprint density at radius 2 is 2.22 bits per heavy atom. The van der Waals surface area contributed by atoms with Gasteiger partial charge < -0.3 is 10.2 Å². The van der Waals surface area contributed by atoms with E-state index in [1.807, 2.05) is 11.0 Å². The van der Waals surface area contributed by atoms with Gasteiger partial charge in [0.25, 0.3) is 5.91 Å². The van der Waals surface area contributed by atoms with Crippen LogP contribution in [0.15, 0.2) is 6.07 Å². The average Bonchev–Trinajstić information content (AvgIpc) is 2.81. The van der Waals surface area contributed by atoms with Crippen molar-refractivity contribution in [3.8, 4) is 0 Å². The van der Waals surface area contributed by atoms with E-state index in [2.05, 4.69) is 43.2 Å². The van der Waals surface area contributed by atoms with Crippen LogP contribution in [0.1, 0.15) is 49.8 Å². The van der Waals surface area contributed by atoms with Crippen molar-refractivity contribution >= 4 is 5.91 Å². The SMILES string of the molecule is CC(C)c1cc(C(=O)N2CCNC(C)C2C)n[nH]1. The second-order valence-electron chi connectivity index (χ2n) is 5.35. The summed E-state index contributed by atoms with van der Waals surface area (Å²) in [6, 6.07) is 2.39. The smallest absolute Gasteiger partial charge is 0.274 e. The molecule has 0 aromatic carbocycles. The number of aromatic nitrogens is 2. The van der Waals surface area contributed by atoms with E-state index < -0.39 is 0 Å². The van der Waals surface area contributed by atoms with Crippen LogP contribution in [0.3, 0.4) is 0 Å². The van der Waals surface area contributed by atoms with Crippen LogP contribution in [0.4, 0.5) is 0 Å². The van der Waals surface area contributed by atoms with Gasteiger partial charge in [0.2, 0.25) is 0 Å². The number of nitrogens with zero attached hydrogens (tertiary/aromatic N) is 2. The minimum absolute atomic E-state index is 0.0269. The maximum Gasteiger partial charge on any atom is 0.274 e. The summed E-state index contributed by atoms with van der Waals surface area (Å²) in [6.45, 7) is 9.93. The van der Waals surface area contributed by atoms with Gasteiger partial charge in [-0.1, -0.05) is 13.8 Å². The van der Waals surface area contributed by atoms with Gasteiger partial charge in [-0.15, -0.1) is 0 Å². The van der Waals surface area contributed by atoms with Crippen molar-refractivity contribution in [2.24, 2.45) is 0 Å². The molecule has 100 valence electrons. The topological polar surface area (TPSA) is 61.0 Å². The Kier molecular flexibility index (Phi) is 3.71. The van der Waals surface area contributed by atoms with Gasteiger partial charge in [0.05, 0.1) is 0 Å². The molecule has 5 nitrogen and oxygen atoms in total. The summed E-state index contributed by atoms with van der Waals surface area (Å²) in [7, 11) is 0. The quantitative estimate of drug-likeness (QED) is 0.833. The molecule has 1 amide bonds. The van der Waals surface area contributed by atoms with Crippen LogP contribution in [0.2, 0.25) is 0 Å². The Balaban J connectivity index is 2.14. The molecule has 0 spiro atoms. The first-order chi connectivity index (χ1) is 8.50. The highest BCUT2D eigenvalue weighted by Gasteiger charge is 2.29. The number of rotatable bonds is 2. The lowest BCUT2D eigenvalue weighted by molar-refractivity contribution is 0.0597. The molecular formula is C13H22N4O. The van der Waals surface area contributed by atoms with Gasteiger partial charge in [0.1, 0.15) is 5.69 Å². The highest BCUT2D eigenvalue weighted by molar-refractivity contribution is 5.92. The number of carbonyl (C=O) groups excluding carboxylic acids is 1. The zero-order valence-electron chi connectivity index (χ0n) is 11.5. The van der Waals surface area contributed by atoms with Crippen molar-refractivity contribution in [2.75, 3.05) is 13.1 Å². The van der Waals surface area contributed by atoms with Crippen LogP contribution in [0.5, 0.6) is 0 Å². The van der Waals surface area contributed by atoms with Crippen molar-refractivity contribution in [3.63, 3.8) is 0 Å². The highest BCUT2D eigenvalue weighted by atomic mass is 16.2.